The number of piperazine rings is 1. The minimum Gasteiger partial charge on any atom is -0.485 e. The maximum atomic E-state index is 12.9. The van der Waals surface area contributed by atoms with Gasteiger partial charge in [-0.2, -0.15) is 0 Å². The topological polar surface area (TPSA) is 80.9 Å². The van der Waals surface area contributed by atoms with Gasteiger partial charge >= 0.3 is 0 Å². The number of carbonyl (C=O) groups is 1. The summed E-state index contributed by atoms with van der Waals surface area (Å²) in [5.74, 6) is 2.41. The fraction of sp³-hybridized carbons (Fsp3) is 0.381. The number of aromatic nitrogens is 2. The predicted molar refractivity (Wildman–Crippen MR) is 111 cm³/mol. The van der Waals surface area contributed by atoms with Gasteiger partial charge in [0.15, 0.2) is 11.5 Å². The Hall–Kier alpha value is -2.91. The lowest BCUT2D eigenvalue weighted by Gasteiger charge is -2.38. The average molecular weight is 426 g/mol. The van der Waals surface area contributed by atoms with Gasteiger partial charge in [-0.3, -0.25) is 9.69 Å². The molecule has 2 atom stereocenters. The molecule has 2 aliphatic rings. The van der Waals surface area contributed by atoms with E-state index in [2.05, 4.69) is 22.0 Å². The number of ether oxygens (including phenoxy) is 2. The number of hydrogen-bond donors (Lipinski definition) is 0. The Labute approximate surface area is 178 Å². The third kappa shape index (κ3) is 3.66. The Bertz CT molecular complexity index is 1010. The molecule has 1 saturated heterocycles. The van der Waals surface area contributed by atoms with Gasteiger partial charge in [0.25, 0.3) is 11.8 Å². The van der Waals surface area contributed by atoms with Gasteiger partial charge in [-0.25, -0.2) is 0 Å². The third-order valence-electron chi connectivity index (χ3n) is 5.49. The molecule has 0 N–H and O–H groups in total. The van der Waals surface area contributed by atoms with E-state index in [9.17, 15) is 4.79 Å². The molecule has 0 radical (unpaired) electrons. The molecule has 4 heterocycles. The Balaban J connectivity index is 1.18. The molecule has 2 aromatic heterocycles. The van der Waals surface area contributed by atoms with Crippen molar-refractivity contribution in [2.24, 2.45) is 0 Å². The van der Waals surface area contributed by atoms with Gasteiger partial charge in [0.2, 0.25) is 12.0 Å². The van der Waals surface area contributed by atoms with Crippen LogP contribution in [0.1, 0.15) is 18.9 Å². The highest BCUT2D eigenvalue weighted by molar-refractivity contribution is 7.13. The largest absolute Gasteiger partial charge is 0.485 e. The Morgan fingerprint density at radius 2 is 1.90 bits per heavy atom. The summed E-state index contributed by atoms with van der Waals surface area (Å²) in [7, 11) is 0. The second-order valence-corrected chi connectivity index (χ2v) is 8.27. The van der Waals surface area contributed by atoms with Crippen LogP contribution in [0.3, 0.4) is 0 Å². The normalized spacial score (nSPS) is 20.2. The van der Waals surface area contributed by atoms with Crippen LogP contribution in [0.4, 0.5) is 0 Å². The summed E-state index contributed by atoms with van der Waals surface area (Å²) in [6.45, 7) is 4.99. The highest BCUT2D eigenvalue weighted by Gasteiger charge is 2.34. The summed E-state index contributed by atoms with van der Waals surface area (Å²) >= 11 is 1.57. The van der Waals surface area contributed by atoms with Crippen LogP contribution in [0.5, 0.6) is 11.5 Å². The number of amides is 1. The molecule has 5 rings (SSSR count). The molecule has 3 aromatic rings. The molecule has 156 valence electrons. The van der Waals surface area contributed by atoms with E-state index in [4.69, 9.17) is 13.9 Å². The summed E-state index contributed by atoms with van der Waals surface area (Å²) < 4.78 is 17.4. The van der Waals surface area contributed by atoms with E-state index < -0.39 is 6.10 Å². The molecule has 0 aliphatic carbocycles. The molecular formula is C21H22N4O4S. The van der Waals surface area contributed by atoms with Gasteiger partial charge in [-0.05, 0) is 30.5 Å². The molecular weight excluding hydrogens is 404 g/mol. The van der Waals surface area contributed by atoms with Crippen molar-refractivity contribution in [2.45, 2.75) is 19.1 Å². The van der Waals surface area contributed by atoms with Gasteiger partial charge < -0.3 is 18.8 Å². The zero-order chi connectivity index (χ0) is 20.5. The highest BCUT2D eigenvalue weighted by atomic mass is 32.1. The van der Waals surface area contributed by atoms with Gasteiger partial charge in [0, 0.05) is 26.2 Å². The molecule has 2 aliphatic heterocycles. The maximum absolute atomic E-state index is 12.9. The third-order valence-corrected chi connectivity index (χ3v) is 6.35. The number of nitrogens with zero attached hydrogens (tertiary/aromatic N) is 4. The number of carbonyl (C=O) groups excluding carboxylic acids is 1. The van der Waals surface area contributed by atoms with Crippen LogP contribution in [0, 0.1) is 0 Å². The van der Waals surface area contributed by atoms with Crippen molar-refractivity contribution in [1.82, 2.24) is 20.0 Å². The molecule has 0 unspecified atom stereocenters. The fourth-order valence-corrected chi connectivity index (χ4v) is 4.38. The minimum atomic E-state index is -0.604. The minimum absolute atomic E-state index is 0.00962. The molecule has 1 fully saturated rings. The van der Waals surface area contributed by atoms with Crippen molar-refractivity contribution in [1.29, 1.82) is 0 Å². The van der Waals surface area contributed by atoms with Crippen molar-refractivity contribution in [3.63, 3.8) is 0 Å². The quantitative estimate of drug-likeness (QED) is 0.635. The first kappa shape index (κ1) is 19.1. The molecule has 1 aromatic carbocycles. The average Bonchev–Trinajstić information content (AvgIpc) is 3.50. The second kappa shape index (κ2) is 8.08. The Morgan fingerprint density at radius 1 is 1.10 bits per heavy atom. The van der Waals surface area contributed by atoms with Crippen LogP contribution in [0.2, 0.25) is 0 Å². The lowest BCUT2D eigenvalue weighted by Crippen LogP contribution is -2.54. The molecule has 1 amide bonds. The van der Waals surface area contributed by atoms with Crippen molar-refractivity contribution in [2.75, 3.05) is 32.8 Å². The van der Waals surface area contributed by atoms with Crippen molar-refractivity contribution < 1.29 is 18.7 Å². The molecule has 30 heavy (non-hydrogen) atoms. The predicted octanol–water partition coefficient (Wildman–Crippen LogP) is 2.84. The fourth-order valence-electron chi connectivity index (χ4n) is 3.73. The van der Waals surface area contributed by atoms with E-state index in [1.165, 1.54) is 0 Å². The SMILES string of the molecule is C[C@H](c1nnc(-c2cccs2)o1)N1CCN(C(=O)[C@@H]2COc3ccccc3O2)CC1. The number of para-hydroxylation sites is 2. The second-order valence-electron chi connectivity index (χ2n) is 7.32. The molecule has 0 bridgehead atoms. The van der Waals surface area contributed by atoms with Crippen molar-refractivity contribution in [3.8, 4) is 22.3 Å². The first-order valence-electron chi connectivity index (χ1n) is 9.97. The lowest BCUT2D eigenvalue weighted by molar-refractivity contribution is -0.143. The van der Waals surface area contributed by atoms with E-state index >= 15 is 0 Å². The first-order valence-corrected chi connectivity index (χ1v) is 10.9. The summed E-state index contributed by atoms with van der Waals surface area (Å²) in [5.41, 5.74) is 0. The molecule has 0 saturated carbocycles. The summed E-state index contributed by atoms with van der Waals surface area (Å²) in [6.07, 6.45) is -0.604. The summed E-state index contributed by atoms with van der Waals surface area (Å²) in [5, 5.41) is 10.4. The van der Waals surface area contributed by atoms with Crippen LogP contribution in [-0.4, -0.2) is 64.8 Å². The number of fused-ring (bicyclic) bond motifs is 1. The zero-order valence-electron chi connectivity index (χ0n) is 16.6. The number of rotatable bonds is 4. The van der Waals surface area contributed by atoms with E-state index in [0.717, 1.165) is 18.0 Å². The Morgan fingerprint density at radius 3 is 2.67 bits per heavy atom. The van der Waals surface area contributed by atoms with E-state index in [1.54, 1.807) is 11.3 Å². The van der Waals surface area contributed by atoms with Crippen molar-refractivity contribution >= 4 is 17.2 Å². The van der Waals surface area contributed by atoms with Crippen LogP contribution in [-0.2, 0) is 4.79 Å². The number of benzene rings is 1. The number of hydrogen-bond acceptors (Lipinski definition) is 8. The smallest absolute Gasteiger partial charge is 0.267 e. The van der Waals surface area contributed by atoms with Gasteiger partial charge in [-0.15, -0.1) is 21.5 Å². The monoisotopic (exact) mass is 426 g/mol. The van der Waals surface area contributed by atoms with Crippen molar-refractivity contribution in [3.05, 3.63) is 47.7 Å². The lowest BCUT2D eigenvalue weighted by atomic mass is 10.2. The standard InChI is InChI=1S/C21H22N4O4S/c1-14(19-22-23-20(29-19)18-7-4-12-30-18)24-8-10-25(11-9-24)21(26)17-13-27-15-5-2-3-6-16(15)28-17/h2-7,12,14,17H,8-11,13H2,1H3/t14-,17+/m1/s1. The molecule has 0 spiro atoms. The Kier molecular flexibility index (Phi) is 5.14. The first-order chi connectivity index (χ1) is 14.7. The van der Waals surface area contributed by atoms with Gasteiger partial charge in [-0.1, -0.05) is 18.2 Å². The van der Waals surface area contributed by atoms with Crippen LogP contribution >= 0.6 is 11.3 Å². The zero-order valence-corrected chi connectivity index (χ0v) is 17.4. The van der Waals surface area contributed by atoms with Crippen LogP contribution in [0.15, 0.2) is 46.2 Å². The van der Waals surface area contributed by atoms with Gasteiger partial charge in [0.05, 0.1) is 10.9 Å². The molecule has 9 heteroatoms. The molecule has 8 nitrogen and oxygen atoms in total. The maximum Gasteiger partial charge on any atom is 0.267 e. The van der Waals surface area contributed by atoms with Crippen LogP contribution in [0.25, 0.3) is 10.8 Å². The van der Waals surface area contributed by atoms with E-state index in [0.29, 0.717) is 36.4 Å². The van der Waals surface area contributed by atoms with E-state index in [1.807, 2.05) is 46.7 Å². The summed E-state index contributed by atoms with van der Waals surface area (Å²) in [4.78, 5) is 18.0. The van der Waals surface area contributed by atoms with Gasteiger partial charge in [0.1, 0.15) is 6.61 Å². The summed E-state index contributed by atoms with van der Waals surface area (Å²) in [6, 6.07) is 11.3. The highest BCUT2D eigenvalue weighted by Crippen LogP contribution is 2.32. The number of thiophene rings is 1. The van der Waals surface area contributed by atoms with Crippen LogP contribution < -0.4 is 9.47 Å². The van der Waals surface area contributed by atoms with E-state index in [-0.39, 0.29) is 18.6 Å².